The van der Waals surface area contributed by atoms with Crippen LogP contribution < -0.4 is 5.32 Å². The zero-order chi connectivity index (χ0) is 25.4. The van der Waals surface area contributed by atoms with Crippen molar-refractivity contribution in [2.75, 3.05) is 11.9 Å². The van der Waals surface area contributed by atoms with E-state index in [2.05, 4.69) is 10.3 Å². The van der Waals surface area contributed by atoms with E-state index in [1.54, 1.807) is 0 Å². The summed E-state index contributed by atoms with van der Waals surface area (Å²) < 4.78 is 52.7. The molecule has 0 aliphatic carbocycles. The SMILES string of the molecule is O=C(Nc1ncc(S(=O)(=O)c2ccc([N+](=O)[O-])cc2)s1)[C@@H]1CCCN1S(=O)(=O)c1ccc(Cl)cc1. The molecular weight excluding hydrogens is 540 g/mol. The Morgan fingerprint density at radius 2 is 1.71 bits per heavy atom. The van der Waals surface area contributed by atoms with E-state index >= 15 is 0 Å². The van der Waals surface area contributed by atoms with Crippen LogP contribution in [0.25, 0.3) is 0 Å². The minimum Gasteiger partial charge on any atom is -0.301 e. The number of amides is 1. The van der Waals surface area contributed by atoms with Gasteiger partial charge in [0.15, 0.2) is 5.13 Å². The van der Waals surface area contributed by atoms with Gasteiger partial charge in [0, 0.05) is 23.7 Å². The minimum atomic E-state index is -4.02. The average Bonchev–Trinajstić information content (AvgIpc) is 3.50. The van der Waals surface area contributed by atoms with Crippen molar-refractivity contribution in [3.05, 3.63) is 69.9 Å². The molecule has 3 aromatic rings. The lowest BCUT2D eigenvalue weighted by Gasteiger charge is -2.23. The van der Waals surface area contributed by atoms with Crippen LogP contribution in [-0.2, 0) is 24.7 Å². The molecule has 0 bridgehead atoms. The smallest absolute Gasteiger partial charge is 0.269 e. The first-order valence-electron chi connectivity index (χ1n) is 10.0. The van der Waals surface area contributed by atoms with E-state index in [9.17, 15) is 31.7 Å². The molecule has 0 spiro atoms. The topological polar surface area (TPSA) is 157 Å². The van der Waals surface area contributed by atoms with Gasteiger partial charge in [-0.15, -0.1) is 0 Å². The summed E-state index contributed by atoms with van der Waals surface area (Å²) in [6.45, 7) is 0.153. The predicted octanol–water partition coefficient (Wildman–Crippen LogP) is 3.33. The lowest BCUT2D eigenvalue weighted by Crippen LogP contribution is -2.43. The van der Waals surface area contributed by atoms with Crippen LogP contribution in [0.5, 0.6) is 0 Å². The monoisotopic (exact) mass is 556 g/mol. The zero-order valence-corrected chi connectivity index (χ0v) is 20.9. The van der Waals surface area contributed by atoms with Crippen LogP contribution in [0.4, 0.5) is 10.8 Å². The Hall–Kier alpha value is -2.91. The number of carbonyl (C=O) groups is 1. The number of aromatic nitrogens is 1. The molecule has 1 atom stereocenters. The summed E-state index contributed by atoms with van der Waals surface area (Å²) in [5.41, 5.74) is -0.254. The molecule has 184 valence electrons. The van der Waals surface area contributed by atoms with E-state index < -0.39 is 36.7 Å². The second-order valence-electron chi connectivity index (χ2n) is 7.46. The Morgan fingerprint density at radius 1 is 1.09 bits per heavy atom. The van der Waals surface area contributed by atoms with Gasteiger partial charge >= 0.3 is 0 Å². The van der Waals surface area contributed by atoms with Crippen molar-refractivity contribution in [2.24, 2.45) is 0 Å². The number of benzene rings is 2. The van der Waals surface area contributed by atoms with Crippen molar-refractivity contribution in [1.29, 1.82) is 0 Å². The summed E-state index contributed by atoms with van der Waals surface area (Å²) in [6, 6.07) is 9.01. The van der Waals surface area contributed by atoms with E-state index in [4.69, 9.17) is 11.6 Å². The minimum absolute atomic E-state index is 0.00678. The molecule has 1 aliphatic heterocycles. The summed E-state index contributed by atoms with van der Waals surface area (Å²) in [5.74, 6) is -0.631. The third-order valence-corrected chi connectivity index (χ3v) is 10.6. The average molecular weight is 557 g/mol. The highest BCUT2D eigenvalue weighted by atomic mass is 35.5. The molecule has 0 saturated carbocycles. The predicted molar refractivity (Wildman–Crippen MR) is 128 cm³/mol. The fraction of sp³-hybridized carbons (Fsp3) is 0.200. The standard InChI is InChI=1S/C20H17ClN4O7S3/c21-13-3-7-16(8-4-13)35(31,32)24-11-1-2-17(24)19(26)23-20-22-12-18(33-20)34(29,30)15-9-5-14(6-10-15)25(27)28/h3-10,12,17H,1-2,11H2,(H,22,23,26)/t17-/m0/s1. The molecule has 11 nitrogen and oxygen atoms in total. The van der Waals surface area contributed by atoms with E-state index in [-0.39, 0.29) is 37.8 Å². The van der Waals surface area contributed by atoms with E-state index in [0.29, 0.717) is 22.8 Å². The molecule has 1 fully saturated rings. The number of sulfone groups is 1. The number of halogens is 1. The molecule has 1 aliphatic rings. The highest BCUT2D eigenvalue weighted by molar-refractivity contribution is 7.93. The number of thiazole rings is 1. The van der Waals surface area contributed by atoms with Crippen LogP contribution in [0.1, 0.15) is 12.8 Å². The van der Waals surface area contributed by atoms with Crippen LogP contribution in [0.2, 0.25) is 5.02 Å². The summed E-state index contributed by atoms with van der Waals surface area (Å²) in [4.78, 5) is 26.8. The first kappa shape index (κ1) is 25.2. The molecule has 4 rings (SSSR count). The number of rotatable bonds is 7. The van der Waals surface area contributed by atoms with Crippen molar-refractivity contribution in [3.63, 3.8) is 0 Å². The van der Waals surface area contributed by atoms with Gasteiger partial charge in [0.05, 0.1) is 20.9 Å². The van der Waals surface area contributed by atoms with Crippen LogP contribution in [-0.4, -0.2) is 49.5 Å². The molecule has 1 aromatic heterocycles. The van der Waals surface area contributed by atoms with Gasteiger partial charge in [0.25, 0.3) is 5.69 Å². The highest BCUT2D eigenvalue weighted by Gasteiger charge is 2.39. The fourth-order valence-corrected chi connectivity index (χ4v) is 7.74. The second kappa shape index (κ2) is 9.62. The zero-order valence-electron chi connectivity index (χ0n) is 17.7. The van der Waals surface area contributed by atoms with Crippen LogP contribution in [0, 0.1) is 10.1 Å². The maximum Gasteiger partial charge on any atom is 0.269 e. The number of anilines is 1. The third-order valence-electron chi connectivity index (χ3n) is 5.26. The molecule has 1 N–H and O–H groups in total. The van der Waals surface area contributed by atoms with Crippen molar-refractivity contribution in [2.45, 2.75) is 32.9 Å². The molecule has 15 heteroatoms. The Balaban J connectivity index is 1.51. The number of carbonyl (C=O) groups excluding carboxylic acids is 1. The van der Waals surface area contributed by atoms with Gasteiger partial charge in [-0.1, -0.05) is 22.9 Å². The number of nitro benzene ring substituents is 1. The number of nitrogens with one attached hydrogen (secondary N) is 1. The molecule has 35 heavy (non-hydrogen) atoms. The first-order valence-corrected chi connectivity index (χ1v) is 14.2. The Kier molecular flexibility index (Phi) is 6.92. The van der Waals surface area contributed by atoms with Gasteiger partial charge in [-0.05, 0) is 49.2 Å². The quantitative estimate of drug-likeness (QED) is 0.343. The maximum absolute atomic E-state index is 13.0. The maximum atomic E-state index is 13.0. The van der Waals surface area contributed by atoms with Crippen molar-refractivity contribution in [3.8, 4) is 0 Å². The summed E-state index contributed by atoms with van der Waals surface area (Å²) >= 11 is 6.53. The third kappa shape index (κ3) is 5.06. The summed E-state index contributed by atoms with van der Waals surface area (Å²) in [5, 5.41) is 13.6. The molecule has 0 unspecified atom stereocenters. The van der Waals surface area contributed by atoms with Crippen LogP contribution in [0.3, 0.4) is 0 Å². The van der Waals surface area contributed by atoms with Crippen LogP contribution >= 0.6 is 22.9 Å². The van der Waals surface area contributed by atoms with Gasteiger partial charge in [-0.25, -0.2) is 21.8 Å². The van der Waals surface area contributed by atoms with Crippen molar-refractivity contribution in [1.82, 2.24) is 9.29 Å². The summed E-state index contributed by atoms with van der Waals surface area (Å²) in [7, 11) is -7.98. The number of nitrogens with zero attached hydrogens (tertiary/aromatic N) is 3. The number of hydrogen-bond acceptors (Lipinski definition) is 9. The highest BCUT2D eigenvalue weighted by Crippen LogP contribution is 2.31. The first-order chi connectivity index (χ1) is 16.5. The van der Waals surface area contributed by atoms with Gasteiger partial charge in [0.2, 0.25) is 25.8 Å². The van der Waals surface area contributed by atoms with Gasteiger partial charge in [-0.3, -0.25) is 14.9 Å². The Morgan fingerprint density at radius 3 is 2.34 bits per heavy atom. The van der Waals surface area contributed by atoms with E-state index in [1.165, 1.54) is 24.3 Å². The van der Waals surface area contributed by atoms with Crippen molar-refractivity contribution < 1.29 is 26.6 Å². The molecular formula is C20H17ClN4O7S3. The normalized spacial score (nSPS) is 16.8. The summed E-state index contributed by atoms with van der Waals surface area (Å²) in [6.07, 6.45) is 1.83. The molecule has 1 amide bonds. The second-order valence-corrected chi connectivity index (χ2v) is 13.0. The van der Waals surface area contributed by atoms with Gasteiger partial charge < -0.3 is 5.32 Å². The Labute approximate surface area is 209 Å². The number of non-ortho nitro benzene ring substituents is 1. The molecule has 0 radical (unpaired) electrons. The fourth-order valence-electron chi connectivity index (χ4n) is 3.53. The number of sulfonamides is 1. The van der Waals surface area contributed by atoms with E-state index in [0.717, 1.165) is 34.8 Å². The lowest BCUT2D eigenvalue weighted by atomic mass is 10.2. The molecule has 2 aromatic carbocycles. The van der Waals surface area contributed by atoms with Crippen LogP contribution in [0.15, 0.2) is 68.7 Å². The van der Waals surface area contributed by atoms with Crippen molar-refractivity contribution >= 4 is 59.5 Å². The number of hydrogen-bond donors (Lipinski definition) is 1. The largest absolute Gasteiger partial charge is 0.301 e. The molecule has 2 heterocycles. The molecule has 1 saturated heterocycles. The van der Waals surface area contributed by atoms with Gasteiger partial charge in [-0.2, -0.15) is 4.31 Å². The van der Waals surface area contributed by atoms with Gasteiger partial charge in [0.1, 0.15) is 10.3 Å². The van der Waals surface area contributed by atoms with E-state index in [1.807, 2.05) is 0 Å². The number of nitro groups is 1. The Bertz CT molecular complexity index is 1490. The lowest BCUT2D eigenvalue weighted by molar-refractivity contribution is -0.384.